The molecule has 0 amide bonds. The van der Waals surface area contributed by atoms with Crippen LogP contribution in [-0.4, -0.2) is 51.1 Å². The Labute approximate surface area is 243 Å². The van der Waals surface area contributed by atoms with Gasteiger partial charge in [0, 0.05) is 29.0 Å². The Morgan fingerprint density at radius 1 is 1.08 bits per heavy atom. The molecule has 0 unspecified atom stereocenters. The molecule has 0 spiro atoms. The van der Waals surface area contributed by atoms with Crippen LogP contribution >= 0.6 is 46.0 Å². The second-order valence-electron chi connectivity index (χ2n) is 8.81. The van der Waals surface area contributed by atoms with Crippen molar-refractivity contribution >= 4 is 98.3 Å². The number of anilines is 1. The van der Waals surface area contributed by atoms with Gasteiger partial charge in [-0.1, -0.05) is 34.7 Å². The van der Waals surface area contributed by atoms with Crippen molar-refractivity contribution in [3.8, 4) is 5.75 Å². The molecule has 15 heteroatoms. The van der Waals surface area contributed by atoms with Gasteiger partial charge in [-0.25, -0.2) is 0 Å². The summed E-state index contributed by atoms with van der Waals surface area (Å²) in [5.74, 6) is 0.0184. The van der Waals surface area contributed by atoms with Gasteiger partial charge in [-0.15, -0.1) is 11.3 Å². The summed E-state index contributed by atoms with van der Waals surface area (Å²) in [4.78, 5) is 2.93. The molecule has 9 nitrogen and oxygen atoms in total. The molecule has 0 aliphatic carbocycles. The number of thiazole rings is 1. The van der Waals surface area contributed by atoms with E-state index < -0.39 is 20.2 Å². The summed E-state index contributed by atoms with van der Waals surface area (Å²) in [5, 5.41) is 5.20. The number of rotatable bonds is 10. The van der Waals surface area contributed by atoms with Gasteiger partial charge in [-0.05, 0) is 36.1 Å². The first kappa shape index (κ1) is 28.6. The molecule has 39 heavy (non-hydrogen) atoms. The summed E-state index contributed by atoms with van der Waals surface area (Å²) < 4.78 is 73.8. The number of halogens is 1. The number of aromatic nitrogens is 1. The number of aryl methyl sites for hydroxylation is 1. The van der Waals surface area contributed by atoms with E-state index >= 15 is 0 Å². The Bertz CT molecular complexity index is 1810. The van der Waals surface area contributed by atoms with Crippen molar-refractivity contribution in [3.05, 3.63) is 50.8 Å². The van der Waals surface area contributed by atoms with Crippen LogP contribution in [0, 0.1) is 0 Å². The van der Waals surface area contributed by atoms with E-state index in [4.69, 9.17) is 16.3 Å². The SMILES string of the molecule is COc1cc2sc(/C=C3/Sc4ccc(Cl)cc4N3CCCS(=O)(=O)O)[n+](CCCS(=O)(=O)O)c2c2ccsc12. The molecule has 1 aliphatic rings. The largest absolute Gasteiger partial charge is 0.495 e. The molecule has 0 saturated carbocycles. The number of nitrogens with zero attached hydrogens (tertiary/aromatic N) is 2. The molecule has 208 valence electrons. The van der Waals surface area contributed by atoms with E-state index in [9.17, 15) is 25.9 Å². The minimum absolute atomic E-state index is 0.205. The molecule has 0 saturated heterocycles. The maximum absolute atomic E-state index is 11.4. The molecule has 2 aromatic carbocycles. The minimum Gasteiger partial charge on any atom is -0.495 e. The van der Waals surface area contributed by atoms with Gasteiger partial charge in [0.05, 0.1) is 45.5 Å². The second-order valence-corrected chi connectivity index (χ2v) is 15.4. The topological polar surface area (TPSA) is 125 Å². The first-order valence-electron chi connectivity index (χ1n) is 11.7. The number of thiophene rings is 1. The first-order chi connectivity index (χ1) is 18.4. The number of benzene rings is 2. The van der Waals surface area contributed by atoms with Crippen LogP contribution in [0.5, 0.6) is 5.75 Å². The van der Waals surface area contributed by atoms with Crippen LogP contribution < -0.4 is 14.2 Å². The highest BCUT2D eigenvalue weighted by Crippen LogP contribution is 2.48. The Morgan fingerprint density at radius 3 is 2.54 bits per heavy atom. The first-order valence-corrected chi connectivity index (χ1v) is 17.8. The third-order valence-electron chi connectivity index (χ3n) is 6.12. The van der Waals surface area contributed by atoms with E-state index in [0.717, 1.165) is 46.7 Å². The van der Waals surface area contributed by atoms with Crippen LogP contribution in [0.15, 0.2) is 45.6 Å². The van der Waals surface area contributed by atoms with E-state index in [1.165, 1.54) is 23.1 Å². The number of fused-ring (bicyclic) bond motifs is 4. The van der Waals surface area contributed by atoms with Crippen molar-refractivity contribution in [2.24, 2.45) is 0 Å². The number of hydrogen-bond donors (Lipinski definition) is 2. The lowest BCUT2D eigenvalue weighted by Crippen LogP contribution is -2.36. The highest BCUT2D eigenvalue weighted by Gasteiger charge is 2.30. The lowest BCUT2D eigenvalue weighted by Gasteiger charge is -2.20. The Kier molecular flexibility index (Phi) is 8.19. The number of ether oxygens (including phenoxy) is 1. The van der Waals surface area contributed by atoms with Crippen LogP contribution in [0.2, 0.25) is 5.02 Å². The fraction of sp³-hybridized carbons (Fsp3) is 0.292. The molecule has 0 fully saturated rings. The predicted molar refractivity (Wildman–Crippen MR) is 159 cm³/mol. The average molecular weight is 648 g/mol. The quantitative estimate of drug-likeness (QED) is 0.169. The van der Waals surface area contributed by atoms with Crippen molar-refractivity contribution in [2.75, 3.05) is 30.1 Å². The van der Waals surface area contributed by atoms with Gasteiger partial charge in [0.1, 0.15) is 10.4 Å². The van der Waals surface area contributed by atoms with E-state index in [1.54, 1.807) is 24.5 Å². The number of hydrogen-bond acceptors (Lipinski definition) is 9. The summed E-state index contributed by atoms with van der Waals surface area (Å²) >= 11 is 10.9. The highest BCUT2D eigenvalue weighted by molar-refractivity contribution is 8.04. The maximum Gasteiger partial charge on any atom is 0.265 e. The van der Waals surface area contributed by atoms with Gasteiger partial charge in [0.15, 0.2) is 6.54 Å². The molecular weight excluding hydrogens is 624 g/mol. The van der Waals surface area contributed by atoms with Crippen molar-refractivity contribution in [2.45, 2.75) is 24.3 Å². The van der Waals surface area contributed by atoms with Crippen LogP contribution in [0.3, 0.4) is 0 Å². The minimum atomic E-state index is -4.12. The molecule has 2 aromatic heterocycles. The highest BCUT2D eigenvalue weighted by atomic mass is 35.5. The van der Waals surface area contributed by atoms with Gasteiger partial charge in [-0.2, -0.15) is 21.4 Å². The van der Waals surface area contributed by atoms with Gasteiger partial charge < -0.3 is 9.64 Å². The molecule has 1 aliphatic heterocycles. The zero-order chi connectivity index (χ0) is 27.9. The lowest BCUT2D eigenvalue weighted by atomic mass is 10.2. The summed E-state index contributed by atoms with van der Waals surface area (Å²) in [6, 6.07) is 9.51. The zero-order valence-corrected chi connectivity index (χ0v) is 25.4. The van der Waals surface area contributed by atoms with Gasteiger partial charge >= 0.3 is 0 Å². The maximum atomic E-state index is 11.4. The second kappa shape index (κ2) is 11.2. The summed E-state index contributed by atoms with van der Waals surface area (Å²) in [6.07, 6.45) is 2.41. The van der Waals surface area contributed by atoms with Gasteiger partial charge in [-0.3, -0.25) is 9.11 Å². The average Bonchev–Trinajstić information content (AvgIpc) is 3.53. The van der Waals surface area contributed by atoms with E-state index in [0.29, 0.717) is 18.1 Å². The number of thioether (sulfide) groups is 1. The van der Waals surface area contributed by atoms with Crippen LogP contribution in [0.4, 0.5) is 5.69 Å². The third-order valence-corrected chi connectivity index (χ3v) is 11.1. The zero-order valence-electron chi connectivity index (χ0n) is 20.5. The normalized spacial score (nSPS) is 15.1. The van der Waals surface area contributed by atoms with Crippen molar-refractivity contribution < 1.29 is 35.2 Å². The Morgan fingerprint density at radius 2 is 1.82 bits per heavy atom. The fourth-order valence-corrected chi connectivity index (χ4v) is 8.91. The number of methoxy groups -OCH3 is 1. The van der Waals surface area contributed by atoms with Gasteiger partial charge in [0.2, 0.25) is 5.52 Å². The molecular formula is C24H24ClN2O7S5+. The smallest absolute Gasteiger partial charge is 0.265 e. The fourth-order valence-electron chi connectivity index (χ4n) is 4.52. The molecule has 0 radical (unpaired) electrons. The summed E-state index contributed by atoms with van der Waals surface area (Å²) in [6.45, 7) is 0.685. The summed E-state index contributed by atoms with van der Waals surface area (Å²) in [7, 11) is -6.60. The van der Waals surface area contributed by atoms with Crippen molar-refractivity contribution in [1.82, 2.24) is 0 Å². The standard InChI is InChI=1S/C24H23ClN2O7S5/c1-34-18-13-20-23(16-6-9-35-24(16)18)27(8-3-11-39(31,32)33)22(37-20)14-21-26(7-2-10-38(28,29)30)17-12-15(25)4-5-19(17)36-21/h4-6,9,12-14H,2-3,7-8,10-11H2,1H3,(H-,28,29,30,31,32,33)/p+1. The molecule has 4 aromatic rings. The molecule has 2 N–H and O–H groups in total. The van der Waals surface area contributed by atoms with Crippen LogP contribution in [0.25, 0.3) is 26.4 Å². The molecule has 0 bridgehead atoms. The van der Waals surface area contributed by atoms with E-state index in [-0.39, 0.29) is 24.3 Å². The summed E-state index contributed by atoms with van der Waals surface area (Å²) in [5.41, 5.74) is 1.79. The van der Waals surface area contributed by atoms with Gasteiger partial charge in [0.25, 0.3) is 25.2 Å². The third kappa shape index (κ3) is 6.38. The monoisotopic (exact) mass is 647 g/mol. The molecule has 0 atom stereocenters. The van der Waals surface area contributed by atoms with Crippen LogP contribution in [-0.2, 0) is 26.8 Å². The lowest BCUT2D eigenvalue weighted by molar-refractivity contribution is -0.667. The van der Waals surface area contributed by atoms with Crippen molar-refractivity contribution in [3.63, 3.8) is 0 Å². The molecule has 5 rings (SSSR count). The van der Waals surface area contributed by atoms with Crippen molar-refractivity contribution in [1.29, 1.82) is 0 Å². The molecule has 3 heterocycles. The predicted octanol–water partition coefficient (Wildman–Crippen LogP) is 5.53. The van der Waals surface area contributed by atoms with E-state index in [2.05, 4.69) is 4.57 Å². The van der Waals surface area contributed by atoms with E-state index in [1.807, 2.05) is 40.6 Å². The Balaban J connectivity index is 1.62. The Hall–Kier alpha value is -1.91. The van der Waals surface area contributed by atoms with Crippen LogP contribution in [0.1, 0.15) is 17.8 Å².